The molecule has 0 saturated carbocycles. The van der Waals surface area contributed by atoms with Crippen molar-refractivity contribution in [2.24, 2.45) is 0 Å². The first kappa shape index (κ1) is 14.9. The summed E-state index contributed by atoms with van der Waals surface area (Å²) in [4.78, 5) is 13.0. The molecule has 2 rings (SSSR count). The first-order valence-corrected chi connectivity index (χ1v) is 7.59. The number of carboxylic acids is 1. The molecule has 106 valence electrons. The van der Waals surface area contributed by atoms with Crippen molar-refractivity contribution >= 4 is 27.6 Å². The van der Waals surface area contributed by atoms with E-state index in [1.807, 2.05) is 18.2 Å². The summed E-state index contributed by atoms with van der Waals surface area (Å²) >= 11 is 3.38. The van der Waals surface area contributed by atoms with Crippen molar-refractivity contribution < 1.29 is 9.90 Å². The van der Waals surface area contributed by atoms with Crippen molar-refractivity contribution in [1.82, 2.24) is 0 Å². The molecular weight excluding hydrogens is 320 g/mol. The van der Waals surface area contributed by atoms with Crippen LogP contribution in [0.1, 0.15) is 37.7 Å². The third-order valence-corrected chi connectivity index (χ3v) is 4.20. The molecule has 1 unspecified atom stereocenters. The minimum atomic E-state index is -0.758. The molecule has 0 aliphatic carbocycles. The van der Waals surface area contributed by atoms with E-state index in [4.69, 9.17) is 5.11 Å². The van der Waals surface area contributed by atoms with Crippen molar-refractivity contribution in [2.45, 2.75) is 38.1 Å². The molecule has 0 amide bonds. The van der Waals surface area contributed by atoms with Crippen LogP contribution in [-0.2, 0) is 4.79 Å². The zero-order valence-corrected chi connectivity index (χ0v) is 12.8. The van der Waals surface area contributed by atoms with Crippen LogP contribution >= 0.6 is 15.9 Å². The number of aliphatic carboxylic acids is 1. The molecule has 0 bridgehead atoms. The Bertz CT molecular complexity index is 539. The normalized spacial score (nSPS) is 18.6. The highest BCUT2D eigenvalue weighted by Crippen LogP contribution is 2.31. The van der Waals surface area contributed by atoms with Crippen LogP contribution < -0.4 is 4.90 Å². The lowest BCUT2D eigenvalue weighted by atomic mass is 9.96. The van der Waals surface area contributed by atoms with Gasteiger partial charge in [0.2, 0.25) is 0 Å². The van der Waals surface area contributed by atoms with E-state index in [1.54, 1.807) is 0 Å². The van der Waals surface area contributed by atoms with Crippen LogP contribution in [0.5, 0.6) is 0 Å². The van der Waals surface area contributed by atoms with E-state index in [-0.39, 0.29) is 12.5 Å². The van der Waals surface area contributed by atoms with Crippen molar-refractivity contribution in [3.63, 3.8) is 0 Å². The number of nitrogens with zero attached hydrogens (tertiary/aromatic N) is 2. The maximum absolute atomic E-state index is 10.8. The van der Waals surface area contributed by atoms with Gasteiger partial charge in [-0.1, -0.05) is 15.9 Å². The van der Waals surface area contributed by atoms with Crippen LogP contribution in [-0.4, -0.2) is 23.7 Å². The zero-order chi connectivity index (χ0) is 14.5. The third kappa shape index (κ3) is 3.51. The van der Waals surface area contributed by atoms with Crippen molar-refractivity contribution in [1.29, 1.82) is 5.26 Å². The number of hydrogen-bond acceptors (Lipinski definition) is 3. The maximum atomic E-state index is 10.8. The number of piperidine rings is 1. The summed E-state index contributed by atoms with van der Waals surface area (Å²) in [5.41, 5.74) is 1.56. The zero-order valence-electron chi connectivity index (χ0n) is 11.2. The van der Waals surface area contributed by atoms with Gasteiger partial charge in [-0.25, -0.2) is 0 Å². The van der Waals surface area contributed by atoms with E-state index in [9.17, 15) is 10.1 Å². The average molecular weight is 337 g/mol. The topological polar surface area (TPSA) is 64.3 Å². The quantitative estimate of drug-likeness (QED) is 0.913. The van der Waals surface area contributed by atoms with Crippen molar-refractivity contribution in [3.05, 3.63) is 28.2 Å². The lowest BCUT2D eigenvalue weighted by Crippen LogP contribution is -2.40. The first-order chi connectivity index (χ1) is 9.61. The number of nitriles is 1. The van der Waals surface area contributed by atoms with Crippen LogP contribution in [0.4, 0.5) is 5.69 Å². The highest BCUT2D eigenvalue weighted by Gasteiger charge is 2.25. The summed E-state index contributed by atoms with van der Waals surface area (Å²) < 4.78 is 0.886. The van der Waals surface area contributed by atoms with Gasteiger partial charge < -0.3 is 10.0 Å². The molecule has 0 radical (unpaired) electrons. The highest BCUT2D eigenvalue weighted by molar-refractivity contribution is 9.10. The molecular formula is C15H17BrN2O2. The van der Waals surface area contributed by atoms with E-state index in [2.05, 4.69) is 26.9 Å². The van der Waals surface area contributed by atoms with Crippen LogP contribution in [0.15, 0.2) is 22.7 Å². The molecule has 1 saturated heterocycles. The number of rotatable bonds is 4. The van der Waals surface area contributed by atoms with Crippen LogP contribution in [0, 0.1) is 11.3 Å². The van der Waals surface area contributed by atoms with E-state index in [0.717, 1.165) is 36.0 Å². The second-order valence-corrected chi connectivity index (χ2v) is 5.96. The second-order valence-electron chi connectivity index (χ2n) is 5.05. The summed E-state index contributed by atoms with van der Waals surface area (Å²) in [5, 5.41) is 18.1. The number of benzene rings is 1. The molecule has 1 aliphatic rings. The fourth-order valence-electron chi connectivity index (χ4n) is 2.76. The lowest BCUT2D eigenvalue weighted by Gasteiger charge is -2.38. The standard InChI is InChI=1S/C15H17BrN2O2/c16-12-4-6-14(11(9-12)10-17)18-8-2-1-3-13(18)5-7-15(19)20/h4,6,9,13H,1-3,5,7-8H2,(H,19,20). The lowest BCUT2D eigenvalue weighted by molar-refractivity contribution is -0.137. The fourth-order valence-corrected chi connectivity index (χ4v) is 3.12. The molecule has 20 heavy (non-hydrogen) atoms. The Morgan fingerprint density at radius 1 is 1.50 bits per heavy atom. The van der Waals surface area contributed by atoms with E-state index in [0.29, 0.717) is 12.0 Å². The van der Waals surface area contributed by atoms with E-state index < -0.39 is 5.97 Å². The Kier molecular flexibility index (Phi) is 5.02. The maximum Gasteiger partial charge on any atom is 0.303 e. The third-order valence-electron chi connectivity index (χ3n) is 3.71. The molecule has 1 N–H and O–H groups in total. The number of carboxylic acid groups (broad SMARTS) is 1. The molecule has 1 fully saturated rings. The monoisotopic (exact) mass is 336 g/mol. The van der Waals surface area contributed by atoms with Gasteiger partial charge in [0.05, 0.1) is 11.3 Å². The SMILES string of the molecule is N#Cc1cc(Br)ccc1N1CCCCC1CCC(=O)O. The summed E-state index contributed by atoms with van der Waals surface area (Å²) in [6.45, 7) is 0.889. The Labute approximate surface area is 127 Å². The van der Waals surface area contributed by atoms with Gasteiger partial charge in [0.15, 0.2) is 0 Å². The van der Waals surface area contributed by atoms with Gasteiger partial charge in [0, 0.05) is 23.5 Å². The van der Waals surface area contributed by atoms with Crippen LogP contribution in [0.2, 0.25) is 0 Å². The Balaban J connectivity index is 2.23. The van der Waals surface area contributed by atoms with Gasteiger partial charge in [-0.3, -0.25) is 4.79 Å². The minimum Gasteiger partial charge on any atom is -0.481 e. The molecule has 1 aromatic rings. The average Bonchev–Trinajstić information content (AvgIpc) is 2.45. The van der Waals surface area contributed by atoms with Gasteiger partial charge in [0.1, 0.15) is 6.07 Å². The van der Waals surface area contributed by atoms with Gasteiger partial charge >= 0.3 is 5.97 Å². The summed E-state index contributed by atoms with van der Waals surface area (Å²) in [6.07, 6.45) is 4.02. The molecule has 1 aromatic carbocycles. The van der Waals surface area contributed by atoms with Gasteiger partial charge in [-0.05, 0) is 43.9 Å². The first-order valence-electron chi connectivity index (χ1n) is 6.80. The fraction of sp³-hybridized carbons (Fsp3) is 0.467. The van der Waals surface area contributed by atoms with Gasteiger partial charge in [0.25, 0.3) is 0 Å². The molecule has 1 atom stereocenters. The predicted molar refractivity (Wildman–Crippen MR) is 80.7 cm³/mol. The molecule has 0 spiro atoms. The highest BCUT2D eigenvalue weighted by atomic mass is 79.9. The molecule has 0 aromatic heterocycles. The Morgan fingerprint density at radius 3 is 3.00 bits per heavy atom. The second kappa shape index (κ2) is 6.76. The van der Waals surface area contributed by atoms with E-state index in [1.165, 1.54) is 0 Å². The largest absolute Gasteiger partial charge is 0.481 e. The Morgan fingerprint density at radius 2 is 2.30 bits per heavy atom. The number of halogens is 1. The van der Waals surface area contributed by atoms with Crippen LogP contribution in [0.25, 0.3) is 0 Å². The van der Waals surface area contributed by atoms with Gasteiger partial charge in [-0.15, -0.1) is 0 Å². The van der Waals surface area contributed by atoms with E-state index >= 15 is 0 Å². The minimum absolute atomic E-state index is 0.180. The smallest absolute Gasteiger partial charge is 0.303 e. The number of hydrogen-bond donors (Lipinski definition) is 1. The Hall–Kier alpha value is -1.54. The summed E-state index contributed by atoms with van der Waals surface area (Å²) in [6, 6.07) is 8.14. The van der Waals surface area contributed by atoms with Crippen molar-refractivity contribution in [3.8, 4) is 6.07 Å². The predicted octanol–water partition coefficient (Wildman–Crippen LogP) is 3.54. The molecule has 4 nitrogen and oxygen atoms in total. The summed E-state index contributed by atoms with van der Waals surface area (Å²) in [7, 11) is 0. The molecule has 1 heterocycles. The van der Waals surface area contributed by atoms with Crippen molar-refractivity contribution in [2.75, 3.05) is 11.4 Å². The summed E-state index contributed by atoms with van der Waals surface area (Å²) in [5.74, 6) is -0.758. The van der Waals surface area contributed by atoms with Crippen LogP contribution in [0.3, 0.4) is 0 Å². The molecule has 5 heteroatoms. The van der Waals surface area contributed by atoms with Gasteiger partial charge in [-0.2, -0.15) is 5.26 Å². The number of carbonyl (C=O) groups is 1. The molecule has 1 aliphatic heterocycles. The number of anilines is 1.